The summed E-state index contributed by atoms with van der Waals surface area (Å²) in [6.07, 6.45) is 11.0. The van der Waals surface area contributed by atoms with Crippen LogP contribution in [0, 0.1) is 6.92 Å². The van der Waals surface area contributed by atoms with Crippen molar-refractivity contribution in [1.82, 2.24) is 25.2 Å². The lowest BCUT2D eigenvalue weighted by atomic mass is 10.1. The van der Waals surface area contributed by atoms with Crippen LogP contribution in [0.4, 0.5) is 0 Å². The molecular formula is C18H25N5. The first-order valence-electron chi connectivity index (χ1n) is 8.41. The molecule has 1 saturated heterocycles. The van der Waals surface area contributed by atoms with Crippen LogP contribution in [0.1, 0.15) is 36.1 Å². The molecule has 122 valence electrons. The molecule has 0 bridgehead atoms. The van der Waals surface area contributed by atoms with Crippen LogP contribution in [0.5, 0.6) is 0 Å². The SMILES string of the molecule is Cc1ccc(CN(Cc2cncnc2)C2CCCNCC2)nc1. The molecule has 0 aliphatic carbocycles. The van der Waals surface area contributed by atoms with Gasteiger partial charge in [-0.2, -0.15) is 0 Å². The Labute approximate surface area is 138 Å². The molecule has 0 aromatic carbocycles. The molecule has 2 aromatic rings. The van der Waals surface area contributed by atoms with E-state index in [-0.39, 0.29) is 0 Å². The van der Waals surface area contributed by atoms with Crippen molar-refractivity contribution in [2.24, 2.45) is 0 Å². The van der Waals surface area contributed by atoms with Gasteiger partial charge in [0.1, 0.15) is 6.33 Å². The minimum absolute atomic E-state index is 0.577. The Morgan fingerprint density at radius 2 is 1.96 bits per heavy atom. The molecule has 5 heteroatoms. The van der Waals surface area contributed by atoms with Crippen LogP contribution >= 0.6 is 0 Å². The second kappa shape index (κ2) is 8.13. The number of rotatable bonds is 5. The van der Waals surface area contributed by atoms with Crippen LogP contribution in [0.2, 0.25) is 0 Å². The highest BCUT2D eigenvalue weighted by Gasteiger charge is 2.21. The molecular weight excluding hydrogens is 286 g/mol. The molecule has 1 N–H and O–H groups in total. The monoisotopic (exact) mass is 311 g/mol. The molecule has 0 radical (unpaired) electrons. The summed E-state index contributed by atoms with van der Waals surface area (Å²) in [7, 11) is 0. The van der Waals surface area contributed by atoms with E-state index in [1.807, 2.05) is 18.6 Å². The summed E-state index contributed by atoms with van der Waals surface area (Å²) < 4.78 is 0. The lowest BCUT2D eigenvalue weighted by Crippen LogP contribution is -2.35. The molecule has 23 heavy (non-hydrogen) atoms. The third-order valence-corrected chi connectivity index (χ3v) is 4.40. The van der Waals surface area contributed by atoms with Crippen molar-refractivity contribution in [3.63, 3.8) is 0 Å². The highest BCUT2D eigenvalue weighted by atomic mass is 15.2. The molecule has 1 aliphatic heterocycles. The Kier molecular flexibility index (Phi) is 5.66. The smallest absolute Gasteiger partial charge is 0.115 e. The summed E-state index contributed by atoms with van der Waals surface area (Å²) in [6, 6.07) is 4.85. The highest BCUT2D eigenvalue weighted by molar-refractivity contribution is 5.12. The van der Waals surface area contributed by atoms with E-state index in [2.05, 4.69) is 44.2 Å². The fourth-order valence-corrected chi connectivity index (χ4v) is 3.13. The zero-order valence-corrected chi connectivity index (χ0v) is 13.8. The Morgan fingerprint density at radius 1 is 1.09 bits per heavy atom. The number of nitrogens with one attached hydrogen (secondary N) is 1. The maximum atomic E-state index is 4.59. The van der Waals surface area contributed by atoms with E-state index in [9.17, 15) is 0 Å². The predicted molar refractivity (Wildman–Crippen MR) is 90.8 cm³/mol. The minimum Gasteiger partial charge on any atom is -0.317 e. The van der Waals surface area contributed by atoms with Gasteiger partial charge in [0.25, 0.3) is 0 Å². The zero-order chi connectivity index (χ0) is 15.9. The normalized spacial score (nSPS) is 18.8. The molecule has 0 spiro atoms. The predicted octanol–water partition coefficient (Wildman–Crippen LogP) is 2.32. The molecule has 1 unspecified atom stereocenters. The van der Waals surface area contributed by atoms with Crippen molar-refractivity contribution in [2.45, 2.75) is 45.3 Å². The minimum atomic E-state index is 0.577. The van der Waals surface area contributed by atoms with E-state index in [0.717, 1.165) is 37.4 Å². The number of aromatic nitrogens is 3. The summed E-state index contributed by atoms with van der Waals surface area (Å²) in [5, 5.41) is 3.50. The number of hydrogen-bond donors (Lipinski definition) is 1. The Bertz CT molecular complexity index is 576. The van der Waals surface area contributed by atoms with Gasteiger partial charge in [0.05, 0.1) is 5.69 Å². The maximum absolute atomic E-state index is 4.59. The van der Waals surface area contributed by atoms with E-state index in [0.29, 0.717) is 6.04 Å². The second-order valence-electron chi connectivity index (χ2n) is 6.31. The Morgan fingerprint density at radius 3 is 2.74 bits per heavy atom. The van der Waals surface area contributed by atoms with Gasteiger partial charge >= 0.3 is 0 Å². The first kappa shape index (κ1) is 16.0. The molecule has 3 heterocycles. The van der Waals surface area contributed by atoms with Crippen LogP contribution in [0.3, 0.4) is 0 Å². The van der Waals surface area contributed by atoms with Gasteiger partial charge in [-0.05, 0) is 50.9 Å². The summed E-state index contributed by atoms with van der Waals surface area (Å²) in [5.74, 6) is 0. The standard InChI is InChI=1S/C18H25N5/c1-15-4-5-17(22-9-15)13-23(12-16-10-20-14-21-11-16)18-3-2-7-19-8-6-18/h4-5,9-11,14,18-19H,2-3,6-8,12-13H2,1H3. The lowest BCUT2D eigenvalue weighted by Gasteiger charge is -2.30. The van der Waals surface area contributed by atoms with Crippen molar-refractivity contribution < 1.29 is 0 Å². The second-order valence-corrected chi connectivity index (χ2v) is 6.31. The zero-order valence-electron chi connectivity index (χ0n) is 13.8. The fraction of sp³-hybridized carbons (Fsp3) is 0.500. The van der Waals surface area contributed by atoms with Crippen LogP contribution in [0.15, 0.2) is 37.1 Å². The van der Waals surface area contributed by atoms with Gasteiger partial charge in [0.15, 0.2) is 0 Å². The summed E-state index contributed by atoms with van der Waals surface area (Å²) >= 11 is 0. The number of aryl methyl sites for hydroxylation is 1. The quantitative estimate of drug-likeness (QED) is 0.918. The number of nitrogens with zero attached hydrogens (tertiary/aromatic N) is 4. The molecule has 1 atom stereocenters. The first-order chi connectivity index (χ1) is 11.3. The van der Waals surface area contributed by atoms with E-state index in [1.54, 1.807) is 6.33 Å². The van der Waals surface area contributed by atoms with E-state index in [4.69, 9.17) is 0 Å². The van der Waals surface area contributed by atoms with E-state index in [1.165, 1.54) is 24.8 Å². The summed E-state index contributed by atoms with van der Waals surface area (Å²) in [5.41, 5.74) is 3.50. The number of pyridine rings is 1. The molecule has 0 saturated carbocycles. The van der Waals surface area contributed by atoms with Gasteiger partial charge in [-0.3, -0.25) is 9.88 Å². The molecule has 1 fully saturated rings. The fourth-order valence-electron chi connectivity index (χ4n) is 3.13. The van der Waals surface area contributed by atoms with Gasteiger partial charge in [-0.25, -0.2) is 9.97 Å². The van der Waals surface area contributed by atoms with E-state index < -0.39 is 0 Å². The molecule has 1 aliphatic rings. The maximum Gasteiger partial charge on any atom is 0.115 e. The van der Waals surface area contributed by atoms with Crippen molar-refractivity contribution >= 4 is 0 Å². The third-order valence-electron chi connectivity index (χ3n) is 4.40. The van der Waals surface area contributed by atoms with Crippen molar-refractivity contribution in [2.75, 3.05) is 13.1 Å². The molecule has 2 aromatic heterocycles. The van der Waals surface area contributed by atoms with Crippen molar-refractivity contribution in [1.29, 1.82) is 0 Å². The first-order valence-corrected chi connectivity index (χ1v) is 8.41. The van der Waals surface area contributed by atoms with Gasteiger partial charge in [0.2, 0.25) is 0 Å². The largest absolute Gasteiger partial charge is 0.317 e. The van der Waals surface area contributed by atoms with Gasteiger partial charge in [-0.15, -0.1) is 0 Å². The van der Waals surface area contributed by atoms with Crippen LogP contribution in [-0.4, -0.2) is 39.0 Å². The van der Waals surface area contributed by atoms with Gasteiger partial charge in [-0.1, -0.05) is 6.07 Å². The van der Waals surface area contributed by atoms with Gasteiger partial charge < -0.3 is 5.32 Å². The topological polar surface area (TPSA) is 53.9 Å². The lowest BCUT2D eigenvalue weighted by molar-refractivity contribution is 0.162. The molecule has 0 amide bonds. The van der Waals surface area contributed by atoms with Crippen molar-refractivity contribution in [3.05, 3.63) is 53.9 Å². The highest BCUT2D eigenvalue weighted by Crippen LogP contribution is 2.19. The van der Waals surface area contributed by atoms with Crippen molar-refractivity contribution in [3.8, 4) is 0 Å². The van der Waals surface area contributed by atoms with Crippen LogP contribution in [-0.2, 0) is 13.1 Å². The summed E-state index contributed by atoms with van der Waals surface area (Å²) in [4.78, 5) is 15.4. The Balaban J connectivity index is 1.75. The van der Waals surface area contributed by atoms with Crippen LogP contribution in [0.25, 0.3) is 0 Å². The summed E-state index contributed by atoms with van der Waals surface area (Å²) in [6.45, 7) is 6.04. The third kappa shape index (κ3) is 4.81. The average molecular weight is 311 g/mol. The van der Waals surface area contributed by atoms with E-state index >= 15 is 0 Å². The van der Waals surface area contributed by atoms with Crippen LogP contribution < -0.4 is 5.32 Å². The van der Waals surface area contributed by atoms with Gasteiger partial charge in [0, 0.05) is 43.3 Å². The molecule has 5 nitrogen and oxygen atoms in total. The Hall–Kier alpha value is -1.85. The average Bonchev–Trinajstić information content (AvgIpc) is 2.86. The number of hydrogen-bond acceptors (Lipinski definition) is 5. The molecule has 3 rings (SSSR count).